The predicted octanol–water partition coefficient (Wildman–Crippen LogP) is 8.85. The summed E-state index contributed by atoms with van der Waals surface area (Å²) in [5.74, 6) is 0.486. The molecule has 0 saturated carbocycles. The number of aliphatic hydroxyl groups excluding tert-OH is 1. The van der Waals surface area contributed by atoms with E-state index in [0.717, 1.165) is 58.7 Å². The summed E-state index contributed by atoms with van der Waals surface area (Å²) < 4.78 is 42.0. The molecule has 1 aliphatic heterocycles. The van der Waals surface area contributed by atoms with E-state index in [-0.39, 0.29) is 63.4 Å². The van der Waals surface area contributed by atoms with Crippen LogP contribution in [0.2, 0.25) is 0 Å². The average molecular weight is 1150 g/mol. The van der Waals surface area contributed by atoms with Crippen molar-refractivity contribution in [2.75, 3.05) is 49.9 Å². The molecule has 0 radical (unpaired) electrons. The third kappa shape index (κ3) is 16.8. The molecule has 0 fully saturated rings. The minimum atomic E-state index is -3.67. The van der Waals surface area contributed by atoms with Gasteiger partial charge >= 0.3 is 19.7 Å². The Bertz CT molecular complexity index is 3370. The maximum Gasteiger partial charge on any atom is 0.413 e. The van der Waals surface area contributed by atoms with E-state index >= 15 is 0 Å². The van der Waals surface area contributed by atoms with Crippen LogP contribution >= 0.6 is 7.60 Å². The summed E-state index contributed by atoms with van der Waals surface area (Å²) in [6.45, 7) is 8.36. The van der Waals surface area contributed by atoms with Gasteiger partial charge in [-0.25, -0.2) is 19.4 Å². The molecule has 7 aromatic rings. The number of rotatable bonds is 29. The first-order valence-electron chi connectivity index (χ1n) is 27.6. The number of pyridine rings is 1. The second kappa shape index (κ2) is 28.5. The first-order chi connectivity index (χ1) is 39.4. The zero-order chi connectivity index (χ0) is 58.2. The molecule has 0 spiro atoms. The maximum absolute atomic E-state index is 14.2. The van der Waals surface area contributed by atoms with Crippen LogP contribution in [-0.2, 0) is 70.5 Å². The average Bonchev–Trinajstić information content (AvgIpc) is 2.57. The van der Waals surface area contributed by atoms with Crippen LogP contribution in [0.3, 0.4) is 0 Å². The van der Waals surface area contributed by atoms with Gasteiger partial charge in [-0.1, -0.05) is 84.4 Å². The van der Waals surface area contributed by atoms with Crippen molar-refractivity contribution >= 4 is 64.9 Å². The molecule has 0 saturated heterocycles. The van der Waals surface area contributed by atoms with Crippen molar-refractivity contribution in [1.82, 2.24) is 34.8 Å². The van der Waals surface area contributed by atoms with E-state index in [1.54, 1.807) is 43.0 Å². The number of hydrogen-bond acceptors (Lipinski definition) is 16. The van der Waals surface area contributed by atoms with Gasteiger partial charge in [-0.2, -0.15) is 0 Å². The lowest BCUT2D eigenvalue weighted by Crippen LogP contribution is -2.31. The highest BCUT2D eigenvalue weighted by Gasteiger charge is 2.30. The zero-order valence-corrected chi connectivity index (χ0v) is 47.6. The fraction of sp³-hybridized carbons (Fsp3) is 0.424. The fourth-order valence-corrected chi connectivity index (χ4v) is 9.98. The molecule has 5 N–H and O–H groups in total. The number of benzene rings is 4. The Morgan fingerprint density at radius 1 is 0.817 bits per heavy atom. The molecule has 1 aliphatic rings. The highest BCUT2D eigenvalue weighted by Crippen LogP contribution is 2.42. The van der Waals surface area contributed by atoms with E-state index < -0.39 is 31.4 Å². The molecule has 4 heterocycles. The summed E-state index contributed by atoms with van der Waals surface area (Å²) in [4.78, 5) is 73.5. The minimum absolute atomic E-state index is 0.0522. The molecule has 22 nitrogen and oxygen atoms in total. The van der Waals surface area contributed by atoms with Gasteiger partial charge < -0.3 is 53.4 Å². The Morgan fingerprint density at radius 3 is 2.33 bits per heavy atom. The number of hydrogen-bond donors (Lipinski definition) is 5. The van der Waals surface area contributed by atoms with Gasteiger partial charge in [0, 0.05) is 68.7 Å². The van der Waals surface area contributed by atoms with Gasteiger partial charge in [0.15, 0.2) is 5.82 Å². The van der Waals surface area contributed by atoms with Crippen molar-refractivity contribution in [2.45, 2.75) is 123 Å². The number of esters is 1. The molecule has 23 heteroatoms. The molecule has 8 rings (SSSR count). The first-order valence-corrected chi connectivity index (χ1v) is 29.7. The normalized spacial score (nSPS) is 13.3. The van der Waals surface area contributed by atoms with Crippen molar-refractivity contribution < 1.29 is 62.3 Å². The third-order valence-electron chi connectivity index (χ3n) is 13.4. The number of amides is 3. The fourth-order valence-electron chi connectivity index (χ4n) is 9.53. The van der Waals surface area contributed by atoms with E-state index in [4.69, 9.17) is 33.4 Å². The molecule has 82 heavy (non-hydrogen) atoms. The molecule has 0 bridgehead atoms. The Morgan fingerprint density at radius 2 is 1.55 bits per heavy atom. The smallest absolute Gasteiger partial charge is 0.413 e. The molecule has 3 amide bonds. The largest absolute Gasteiger partial charge is 0.444 e. The van der Waals surface area contributed by atoms with Gasteiger partial charge in [0.05, 0.1) is 54.3 Å². The number of carbonyl (C=O) groups is 4. The molecule has 2 unspecified atom stereocenters. The molecule has 4 aromatic carbocycles. The number of nitrogens with zero attached hydrogens (tertiary/aromatic N) is 7. The van der Waals surface area contributed by atoms with Gasteiger partial charge in [-0.3, -0.25) is 24.3 Å². The molecule has 3 aromatic heterocycles. The van der Waals surface area contributed by atoms with Crippen LogP contribution in [0.4, 0.5) is 16.3 Å². The second-order valence-corrected chi connectivity index (χ2v) is 22.6. The highest BCUT2D eigenvalue weighted by molar-refractivity contribution is 7.51. The van der Waals surface area contributed by atoms with Gasteiger partial charge in [0.25, 0.3) is 0 Å². The number of nitrogens with one attached hydrogen (secondary N) is 2. The number of anilines is 2. The second-order valence-electron chi connectivity index (χ2n) is 20.8. The van der Waals surface area contributed by atoms with Crippen LogP contribution < -0.4 is 20.3 Å². The van der Waals surface area contributed by atoms with Crippen molar-refractivity contribution in [3.05, 3.63) is 114 Å². The number of aliphatic hydroxyl groups is 2. The Labute approximate surface area is 475 Å². The number of aromatic nitrogens is 6. The molecule has 0 aliphatic carbocycles. The monoisotopic (exact) mass is 1150 g/mol. The summed E-state index contributed by atoms with van der Waals surface area (Å²) in [6, 6.07) is 29.7. The van der Waals surface area contributed by atoms with Crippen molar-refractivity contribution in [3.63, 3.8) is 0 Å². The number of imidazole rings is 1. The Balaban J connectivity index is 0.795. The highest BCUT2D eigenvalue weighted by atomic mass is 31.2. The number of fused-ring (bicyclic) bond motifs is 8. The maximum atomic E-state index is 14.2. The van der Waals surface area contributed by atoms with Crippen molar-refractivity contribution in [3.8, 4) is 28.3 Å². The first kappa shape index (κ1) is 60.7. The lowest BCUT2D eigenvalue weighted by Gasteiger charge is -2.29. The quantitative estimate of drug-likeness (QED) is 0.0127. The molecular formula is C59H72N9O13P. The van der Waals surface area contributed by atoms with Gasteiger partial charge in [0.1, 0.15) is 42.1 Å². The van der Waals surface area contributed by atoms with E-state index in [0.29, 0.717) is 98.6 Å². The van der Waals surface area contributed by atoms with Gasteiger partial charge in [-0.05, 0) is 88.3 Å². The predicted molar refractivity (Wildman–Crippen MR) is 308 cm³/mol. The van der Waals surface area contributed by atoms with Crippen molar-refractivity contribution in [1.29, 1.82) is 0 Å². The topological polar surface area (TPSA) is 281 Å². The molecule has 2 atom stereocenters. The summed E-state index contributed by atoms with van der Waals surface area (Å²) in [5.41, 5.74) is 6.19. The van der Waals surface area contributed by atoms with Gasteiger partial charge in [0.2, 0.25) is 11.8 Å². The van der Waals surface area contributed by atoms with Gasteiger partial charge in [-0.15, -0.1) is 5.10 Å². The lowest BCUT2D eigenvalue weighted by atomic mass is 9.95. The van der Waals surface area contributed by atoms with Crippen LogP contribution in [-0.4, -0.2) is 120 Å². The summed E-state index contributed by atoms with van der Waals surface area (Å²) in [6.07, 6.45) is 2.41. The van der Waals surface area contributed by atoms with E-state index in [2.05, 4.69) is 20.9 Å². The van der Waals surface area contributed by atoms with Crippen LogP contribution in [0, 0.1) is 0 Å². The van der Waals surface area contributed by atoms with Crippen LogP contribution in [0.1, 0.15) is 95.5 Å². The SMILES string of the molecule is CCOCc1nc2c(NC(=O)OCc3ccc(OC(=O)CCCCC(=O)N4Cc5ccccc5-c5nnn(CCCCCC(=O)NCCCOCC(O)COP(C)(=O)O)c5-c5ccccc54)cc3)nc3ccccc3c2n1CC(C)(C)O. The zero-order valence-electron chi connectivity index (χ0n) is 46.8. The molecular weight excluding hydrogens is 1070 g/mol. The van der Waals surface area contributed by atoms with Crippen molar-refractivity contribution in [2.24, 2.45) is 0 Å². The van der Waals surface area contributed by atoms with Crippen LogP contribution in [0.25, 0.3) is 44.5 Å². The summed E-state index contributed by atoms with van der Waals surface area (Å²) in [7, 11) is -3.67. The Kier molecular flexibility index (Phi) is 21.1. The third-order valence-corrected chi connectivity index (χ3v) is 14.0. The lowest BCUT2D eigenvalue weighted by molar-refractivity contribution is -0.134. The van der Waals surface area contributed by atoms with E-state index in [1.165, 1.54) is 0 Å². The number of aryl methyl sites for hydroxylation is 1. The number of para-hydroxylation sites is 2. The standard InChI is InChI=1S/C59H72N9O13P/c1-5-77-38-49-62-54-55(67(49)39-59(2,3)74)45-20-10-12-22-47(45)61-57(54)63-58(73)79-35-40-27-29-43(30-28-40)81-52(72)26-15-14-25-51(71)66-34-41-18-8-9-19-44(41)53-56(46-21-11-13-23-48(46)66)68(65-64-53)32-16-6-7-24-50(70)60-31-17-33-78-36-42(69)37-80-82(4,75)76/h8-13,18-23,27-30,42,69,74H,5-7,14-17,24-26,31-39H2,1-4H3,(H,60,70)(H,75,76)(H,61,63,73). The molecule has 436 valence electrons. The minimum Gasteiger partial charge on any atom is -0.444 e. The summed E-state index contributed by atoms with van der Waals surface area (Å²) in [5, 5.41) is 36.3. The van der Waals surface area contributed by atoms with Crippen LogP contribution in [0.15, 0.2) is 97.1 Å². The number of ether oxygens (including phenoxy) is 4. The summed E-state index contributed by atoms with van der Waals surface area (Å²) >= 11 is 0. The Hall–Kier alpha value is -7.43. The number of carbonyl (C=O) groups excluding carboxylic acids is 4. The van der Waals surface area contributed by atoms with Crippen LogP contribution in [0.5, 0.6) is 5.75 Å². The number of unbranched alkanes of at least 4 members (excludes halogenated alkanes) is 3. The van der Waals surface area contributed by atoms with E-state index in [1.807, 2.05) is 89.0 Å². The van der Waals surface area contributed by atoms with E-state index in [9.17, 15) is 38.8 Å².